The molecule has 1 aliphatic rings. The van der Waals surface area contributed by atoms with Crippen molar-refractivity contribution >= 4 is 21.6 Å². The fourth-order valence-electron chi connectivity index (χ4n) is 2.82. The second-order valence-electron chi connectivity index (χ2n) is 5.59. The van der Waals surface area contributed by atoms with Gasteiger partial charge in [-0.3, -0.25) is 0 Å². The third-order valence-electron chi connectivity index (χ3n) is 3.83. The normalized spacial score (nSPS) is 28.6. The molecule has 4 heteroatoms. The number of rotatable bonds is 3. The first-order valence-electron chi connectivity index (χ1n) is 6.40. The van der Waals surface area contributed by atoms with Crippen molar-refractivity contribution in [2.45, 2.75) is 31.8 Å². The molecule has 0 spiro atoms. The van der Waals surface area contributed by atoms with E-state index in [9.17, 15) is 0 Å². The van der Waals surface area contributed by atoms with Crippen LogP contribution in [0.2, 0.25) is 0 Å². The van der Waals surface area contributed by atoms with Gasteiger partial charge in [0.15, 0.2) is 0 Å². The number of halogens is 1. The van der Waals surface area contributed by atoms with Gasteiger partial charge in [0.1, 0.15) is 0 Å². The van der Waals surface area contributed by atoms with Crippen molar-refractivity contribution < 1.29 is 0 Å². The summed E-state index contributed by atoms with van der Waals surface area (Å²) in [7, 11) is 2.16. The first-order chi connectivity index (χ1) is 8.44. The molecule has 0 aliphatic carbocycles. The molecule has 100 valence electrons. The highest BCUT2D eigenvalue weighted by Crippen LogP contribution is 2.30. The summed E-state index contributed by atoms with van der Waals surface area (Å²) in [6, 6.07) is 6.98. The van der Waals surface area contributed by atoms with Crippen LogP contribution >= 0.6 is 15.9 Å². The van der Waals surface area contributed by atoms with Crippen LogP contribution < -0.4 is 11.1 Å². The third-order valence-corrected chi connectivity index (χ3v) is 4.29. The van der Waals surface area contributed by atoms with Crippen LogP contribution in [0.15, 0.2) is 22.7 Å². The zero-order chi connectivity index (χ0) is 13.3. The number of likely N-dealkylation sites (N-methyl/N-ethyl adjacent to an activating group) is 1. The molecule has 3 N–H and O–H groups in total. The number of aryl methyl sites for hydroxylation is 1. The van der Waals surface area contributed by atoms with E-state index in [-0.39, 0.29) is 5.54 Å². The quantitative estimate of drug-likeness (QED) is 0.901. The van der Waals surface area contributed by atoms with Crippen LogP contribution in [0, 0.1) is 6.92 Å². The molecule has 1 aromatic carbocycles. The zero-order valence-electron chi connectivity index (χ0n) is 11.3. The monoisotopic (exact) mass is 311 g/mol. The van der Waals surface area contributed by atoms with Gasteiger partial charge in [-0.2, -0.15) is 0 Å². The van der Waals surface area contributed by atoms with Crippen molar-refractivity contribution in [2.24, 2.45) is 5.73 Å². The summed E-state index contributed by atoms with van der Waals surface area (Å²) >= 11 is 3.54. The van der Waals surface area contributed by atoms with Crippen molar-refractivity contribution in [3.8, 4) is 0 Å². The van der Waals surface area contributed by atoms with E-state index in [4.69, 9.17) is 5.73 Å². The van der Waals surface area contributed by atoms with E-state index < -0.39 is 0 Å². The number of benzene rings is 1. The second-order valence-corrected chi connectivity index (χ2v) is 6.51. The Balaban J connectivity index is 2.20. The number of hydrogen-bond donors (Lipinski definition) is 2. The van der Waals surface area contributed by atoms with Gasteiger partial charge < -0.3 is 16.0 Å². The molecule has 0 saturated carbocycles. The molecule has 0 bridgehead atoms. The predicted octanol–water partition coefficient (Wildman–Crippen LogP) is 2.59. The summed E-state index contributed by atoms with van der Waals surface area (Å²) in [6.45, 7) is 6.02. The van der Waals surface area contributed by atoms with Crippen LogP contribution in [0.1, 0.15) is 18.9 Å². The first kappa shape index (κ1) is 13.8. The van der Waals surface area contributed by atoms with E-state index in [0.29, 0.717) is 12.6 Å². The van der Waals surface area contributed by atoms with Crippen LogP contribution in [0.5, 0.6) is 0 Å². The summed E-state index contributed by atoms with van der Waals surface area (Å²) in [4.78, 5) is 2.37. The highest BCUT2D eigenvalue weighted by molar-refractivity contribution is 9.10. The van der Waals surface area contributed by atoms with Crippen molar-refractivity contribution in [3.63, 3.8) is 0 Å². The Hall–Kier alpha value is -0.580. The van der Waals surface area contributed by atoms with Gasteiger partial charge in [-0.1, -0.05) is 15.9 Å². The maximum absolute atomic E-state index is 6.02. The van der Waals surface area contributed by atoms with Crippen molar-refractivity contribution in [1.29, 1.82) is 0 Å². The molecular formula is C14H22BrN3. The van der Waals surface area contributed by atoms with Crippen LogP contribution in [-0.4, -0.2) is 36.6 Å². The number of nitrogens with zero attached hydrogens (tertiary/aromatic N) is 1. The molecule has 1 aliphatic heterocycles. The van der Waals surface area contributed by atoms with E-state index in [1.54, 1.807) is 0 Å². The maximum Gasteiger partial charge on any atom is 0.0636 e. The van der Waals surface area contributed by atoms with Gasteiger partial charge in [-0.25, -0.2) is 0 Å². The molecule has 0 radical (unpaired) electrons. The minimum atomic E-state index is 0.00139. The molecule has 1 aromatic rings. The summed E-state index contributed by atoms with van der Waals surface area (Å²) in [6.07, 6.45) is 1.09. The lowest BCUT2D eigenvalue weighted by Crippen LogP contribution is -2.47. The largest absolute Gasteiger partial charge is 0.377 e. The Labute approximate surface area is 118 Å². The number of hydrogen-bond acceptors (Lipinski definition) is 3. The van der Waals surface area contributed by atoms with Crippen LogP contribution in [0.3, 0.4) is 0 Å². The van der Waals surface area contributed by atoms with Crippen molar-refractivity contribution in [1.82, 2.24) is 4.90 Å². The molecule has 0 aromatic heterocycles. The minimum Gasteiger partial charge on any atom is -0.377 e. The van der Waals surface area contributed by atoms with Crippen LogP contribution in [0.25, 0.3) is 0 Å². The molecule has 2 atom stereocenters. The Morgan fingerprint density at radius 3 is 2.72 bits per heavy atom. The smallest absolute Gasteiger partial charge is 0.0636 e. The summed E-state index contributed by atoms with van der Waals surface area (Å²) in [5.74, 6) is 0. The maximum atomic E-state index is 6.02. The summed E-state index contributed by atoms with van der Waals surface area (Å²) in [5, 5.41) is 3.65. The predicted molar refractivity (Wildman–Crippen MR) is 81.0 cm³/mol. The van der Waals surface area contributed by atoms with Gasteiger partial charge in [-0.05, 0) is 51.1 Å². The minimum absolute atomic E-state index is 0.00139. The first-order valence-corrected chi connectivity index (χ1v) is 7.19. The van der Waals surface area contributed by atoms with E-state index in [0.717, 1.165) is 23.1 Å². The van der Waals surface area contributed by atoms with E-state index in [1.807, 2.05) is 0 Å². The number of anilines is 1. The SMILES string of the molecule is Cc1cc(Br)cc(NC2(CN)CC(C)N(C)C2)c1. The highest BCUT2D eigenvalue weighted by Gasteiger charge is 2.39. The number of nitrogens with one attached hydrogen (secondary N) is 1. The lowest BCUT2D eigenvalue weighted by Gasteiger charge is -2.30. The van der Waals surface area contributed by atoms with Gasteiger partial charge in [0, 0.05) is 29.3 Å². The molecule has 2 rings (SSSR count). The Morgan fingerprint density at radius 2 is 2.22 bits per heavy atom. The van der Waals surface area contributed by atoms with Gasteiger partial charge >= 0.3 is 0 Å². The lowest BCUT2D eigenvalue weighted by atomic mass is 9.96. The summed E-state index contributed by atoms with van der Waals surface area (Å²) < 4.78 is 1.11. The Kier molecular flexibility index (Phi) is 3.99. The standard InChI is InChI=1S/C14H22BrN3/c1-10-4-12(15)6-13(5-10)17-14(8-16)7-11(2)18(3)9-14/h4-6,11,17H,7-9,16H2,1-3H3. The molecule has 1 heterocycles. The highest BCUT2D eigenvalue weighted by atomic mass is 79.9. The summed E-state index contributed by atoms with van der Waals surface area (Å²) in [5.41, 5.74) is 8.41. The molecule has 1 fully saturated rings. The third kappa shape index (κ3) is 2.87. The topological polar surface area (TPSA) is 41.3 Å². The second kappa shape index (κ2) is 5.19. The number of likely N-dealkylation sites (tertiary alicyclic amines) is 1. The molecule has 3 nitrogen and oxygen atoms in total. The fourth-order valence-corrected chi connectivity index (χ4v) is 3.43. The Bertz CT molecular complexity index is 403. The van der Waals surface area contributed by atoms with Crippen LogP contribution in [0.4, 0.5) is 5.69 Å². The van der Waals surface area contributed by atoms with Gasteiger partial charge in [-0.15, -0.1) is 0 Å². The van der Waals surface area contributed by atoms with Crippen molar-refractivity contribution in [3.05, 3.63) is 28.2 Å². The zero-order valence-corrected chi connectivity index (χ0v) is 12.9. The lowest BCUT2D eigenvalue weighted by molar-refractivity contribution is 0.323. The van der Waals surface area contributed by atoms with Gasteiger partial charge in [0.25, 0.3) is 0 Å². The van der Waals surface area contributed by atoms with E-state index >= 15 is 0 Å². The van der Waals surface area contributed by atoms with E-state index in [1.165, 1.54) is 5.56 Å². The molecular weight excluding hydrogens is 290 g/mol. The van der Waals surface area contributed by atoms with Gasteiger partial charge in [0.05, 0.1) is 5.54 Å². The fraction of sp³-hybridized carbons (Fsp3) is 0.571. The average molecular weight is 312 g/mol. The average Bonchev–Trinajstić information content (AvgIpc) is 2.53. The van der Waals surface area contributed by atoms with Crippen LogP contribution in [-0.2, 0) is 0 Å². The van der Waals surface area contributed by atoms with Gasteiger partial charge in [0.2, 0.25) is 0 Å². The molecule has 1 saturated heterocycles. The molecule has 0 amide bonds. The molecule has 2 unspecified atom stereocenters. The van der Waals surface area contributed by atoms with Crippen molar-refractivity contribution in [2.75, 3.05) is 25.5 Å². The van der Waals surface area contributed by atoms with E-state index in [2.05, 4.69) is 65.2 Å². The Morgan fingerprint density at radius 1 is 1.50 bits per heavy atom. The molecule has 18 heavy (non-hydrogen) atoms. The number of nitrogens with two attached hydrogens (primary N) is 1.